The van der Waals surface area contributed by atoms with Gasteiger partial charge in [0, 0.05) is 5.92 Å². The van der Waals surface area contributed by atoms with E-state index in [4.69, 9.17) is 11.6 Å². The van der Waals surface area contributed by atoms with E-state index in [2.05, 4.69) is 15.3 Å². The SMILES string of the molecule is CC(C)c1ncc(Cl)c(C(=O)NC(C)(C(=O)O)C2CC2)n1. The Morgan fingerprint density at radius 3 is 2.57 bits per heavy atom. The zero-order valence-corrected chi connectivity index (χ0v) is 12.9. The molecule has 6 nitrogen and oxygen atoms in total. The Labute approximate surface area is 127 Å². The molecular formula is C14H18ClN3O3. The van der Waals surface area contributed by atoms with E-state index < -0.39 is 17.4 Å². The van der Waals surface area contributed by atoms with Gasteiger partial charge in [0.25, 0.3) is 5.91 Å². The fourth-order valence-electron chi connectivity index (χ4n) is 2.10. The number of aliphatic carboxylic acids is 1. The Kier molecular flexibility index (Phi) is 4.18. The van der Waals surface area contributed by atoms with Crippen molar-refractivity contribution in [1.82, 2.24) is 15.3 Å². The predicted molar refractivity (Wildman–Crippen MR) is 77.4 cm³/mol. The molecule has 1 amide bonds. The van der Waals surface area contributed by atoms with Gasteiger partial charge in [-0.3, -0.25) is 4.79 Å². The minimum Gasteiger partial charge on any atom is -0.480 e. The lowest BCUT2D eigenvalue weighted by molar-refractivity contribution is -0.144. The van der Waals surface area contributed by atoms with Gasteiger partial charge in [0.15, 0.2) is 0 Å². The summed E-state index contributed by atoms with van der Waals surface area (Å²) in [5.41, 5.74) is -1.27. The number of hydrogen-bond donors (Lipinski definition) is 2. The summed E-state index contributed by atoms with van der Waals surface area (Å²) in [5, 5.41) is 12.0. The van der Waals surface area contributed by atoms with Crippen molar-refractivity contribution in [1.29, 1.82) is 0 Å². The largest absolute Gasteiger partial charge is 0.480 e. The van der Waals surface area contributed by atoms with Crippen molar-refractivity contribution in [3.8, 4) is 0 Å². The zero-order valence-electron chi connectivity index (χ0n) is 12.2. The fraction of sp³-hybridized carbons (Fsp3) is 0.571. The molecule has 21 heavy (non-hydrogen) atoms. The molecule has 1 aliphatic rings. The summed E-state index contributed by atoms with van der Waals surface area (Å²) in [5.74, 6) is -1.14. The third-order valence-electron chi connectivity index (χ3n) is 3.71. The predicted octanol–water partition coefficient (Wildman–Crippen LogP) is 2.24. The molecule has 1 atom stereocenters. The van der Waals surface area contributed by atoms with E-state index in [1.807, 2.05) is 13.8 Å². The van der Waals surface area contributed by atoms with Crippen LogP contribution in [-0.2, 0) is 4.79 Å². The maximum absolute atomic E-state index is 12.3. The van der Waals surface area contributed by atoms with Crippen LogP contribution >= 0.6 is 11.6 Å². The molecule has 0 bridgehead atoms. The number of nitrogens with one attached hydrogen (secondary N) is 1. The van der Waals surface area contributed by atoms with Crippen LogP contribution in [0.3, 0.4) is 0 Å². The molecule has 0 saturated heterocycles. The quantitative estimate of drug-likeness (QED) is 0.870. The lowest BCUT2D eigenvalue weighted by Crippen LogP contribution is -2.54. The van der Waals surface area contributed by atoms with Gasteiger partial charge in [0.05, 0.1) is 11.2 Å². The molecule has 2 N–H and O–H groups in total. The molecule has 114 valence electrons. The van der Waals surface area contributed by atoms with E-state index in [-0.39, 0.29) is 22.6 Å². The highest BCUT2D eigenvalue weighted by molar-refractivity contribution is 6.33. The van der Waals surface area contributed by atoms with Crippen LogP contribution in [0.4, 0.5) is 0 Å². The molecule has 1 heterocycles. The molecule has 1 saturated carbocycles. The standard InChI is InChI=1S/C14H18ClN3O3/c1-7(2)11-16-6-9(15)10(17-11)12(19)18-14(3,13(20)21)8-4-5-8/h6-8H,4-5H2,1-3H3,(H,18,19)(H,20,21). The number of hydrogen-bond acceptors (Lipinski definition) is 4. The van der Waals surface area contributed by atoms with E-state index in [0.29, 0.717) is 5.82 Å². The van der Waals surface area contributed by atoms with Crippen molar-refractivity contribution < 1.29 is 14.7 Å². The third kappa shape index (κ3) is 3.15. The molecule has 0 aromatic carbocycles. The first kappa shape index (κ1) is 15.7. The number of carbonyl (C=O) groups excluding carboxylic acids is 1. The molecule has 1 aromatic rings. The van der Waals surface area contributed by atoms with Gasteiger partial charge >= 0.3 is 5.97 Å². The van der Waals surface area contributed by atoms with Gasteiger partial charge in [0.2, 0.25) is 0 Å². The second-order valence-corrected chi connectivity index (χ2v) is 6.22. The Hall–Kier alpha value is -1.69. The first-order valence-electron chi connectivity index (χ1n) is 6.84. The van der Waals surface area contributed by atoms with Crippen LogP contribution in [0.1, 0.15) is 55.8 Å². The molecule has 0 aliphatic heterocycles. The highest BCUT2D eigenvalue weighted by atomic mass is 35.5. The van der Waals surface area contributed by atoms with Crippen LogP contribution in [-0.4, -0.2) is 32.5 Å². The fourth-order valence-corrected chi connectivity index (χ4v) is 2.28. The maximum atomic E-state index is 12.3. The zero-order chi connectivity index (χ0) is 15.8. The van der Waals surface area contributed by atoms with Gasteiger partial charge in [-0.2, -0.15) is 0 Å². The maximum Gasteiger partial charge on any atom is 0.329 e. The average Bonchev–Trinajstić information content (AvgIpc) is 3.22. The summed E-state index contributed by atoms with van der Waals surface area (Å²) < 4.78 is 0. The van der Waals surface area contributed by atoms with Crippen molar-refractivity contribution in [3.05, 3.63) is 22.7 Å². The summed E-state index contributed by atoms with van der Waals surface area (Å²) in [6.07, 6.45) is 2.95. The van der Waals surface area contributed by atoms with E-state index in [1.54, 1.807) is 0 Å². The molecule has 7 heteroatoms. The molecule has 1 unspecified atom stereocenters. The van der Waals surface area contributed by atoms with E-state index in [1.165, 1.54) is 13.1 Å². The number of carboxylic acids is 1. The van der Waals surface area contributed by atoms with Crippen molar-refractivity contribution in [2.24, 2.45) is 5.92 Å². The molecular weight excluding hydrogens is 294 g/mol. The number of halogens is 1. The van der Waals surface area contributed by atoms with Crippen LogP contribution in [0.2, 0.25) is 5.02 Å². The number of carbonyl (C=O) groups is 2. The first-order valence-corrected chi connectivity index (χ1v) is 7.22. The topological polar surface area (TPSA) is 92.2 Å². The molecule has 1 fully saturated rings. The summed E-state index contributed by atoms with van der Waals surface area (Å²) in [6.45, 7) is 5.32. The average molecular weight is 312 g/mol. The molecule has 2 rings (SSSR count). The third-order valence-corrected chi connectivity index (χ3v) is 3.98. The van der Waals surface area contributed by atoms with Gasteiger partial charge in [-0.05, 0) is 25.7 Å². The number of aromatic nitrogens is 2. The van der Waals surface area contributed by atoms with Crippen LogP contribution < -0.4 is 5.32 Å². The smallest absolute Gasteiger partial charge is 0.329 e. The second-order valence-electron chi connectivity index (χ2n) is 5.82. The second kappa shape index (κ2) is 5.60. The van der Waals surface area contributed by atoms with Gasteiger partial charge in [-0.25, -0.2) is 14.8 Å². The van der Waals surface area contributed by atoms with E-state index >= 15 is 0 Å². The molecule has 1 aliphatic carbocycles. The number of nitrogens with zero attached hydrogens (tertiary/aromatic N) is 2. The number of rotatable bonds is 5. The van der Waals surface area contributed by atoms with Crippen LogP contribution in [0.15, 0.2) is 6.20 Å². The van der Waals surface area contributed by atoms with Gasteiger partial charge in [-0.1, -0.05) is 25.4 Å². The molecule has 0 spiro atoms. The first-order chi connectivity index (χ1) is 9.75. The summed E-state index contributed by atoms with van der Waals surface area (Å²) in [7, 11) is 0. The molecule has 1 aromatic heterocycles. The number of amides is 1. The van der Waals surface area contributed by atoms with Crippen LogP contribution in [0.5, 0.6) is 0 Å². The minimum absolute atomic E-state index is 0.0171. The monoisotopic (exact) mass is 311 g/mol. The van der Waals surface area contributed by atoms with Crippen LogP contribution in [0.25, 0.3) is 0 Å². The van der Waals surface area contributed by atoms with Gasteiger partial charge in [-0.15, -0.1) is 0 Å². The molecule has 0 radical (unpaired) electrons. The highest BCUT2D eigenvalue weighted by Crippen LogP contribution is 2.40. The van der Waals surface area contributed by atoms with Crippen LogP contribution in [0, 0.1) is 5.92 Å². The summed E-state index contributed by atoms with van der Waals surface area (Å²) in [4.78, 5) is 32.0. The lowest BCUT2D eigenvalue weighted by Gasteiger charge is -2.26. The Balaban J connectivity index is 2.27. The normalized spacial score (nSPS) is 17.4. The van der Waals surface area contributed by atoms with Crippen molar-refractivity contribution in [2.75, 3.05) is 0 Å². The number of carboxylic acid groups (broad SMARTS) is 1. The Morgan fingerprint density at radius 1 is 1.48 bits per heavy atom. The van der Waals surface area contributed by atoms with Crippen molar-refractivity contribution in [2.45, 2.75) is 45.1 Å². The summed E-state index contributed by atoms with van der Waals surface area (Å²) in [6, 6.07) is 0. The Morgan fingerprint density at radius 2 is 2.10 bits per heavy atom. The Bertz CT molecular complexity index is 587. The van der Waals surface area contributed by atoms with Crippen molar-refractivity contribution >= 4 is 23.5 Å². The van der Waals surface area contributed by atoms with Gasteiger partial charge < -0.3 is 10.4 Å². The lowest BCUT2D eigenvalue weighted by atomic mass is 9.96. The van der Waals surface area contributed by atoms with E-state index in [0.717, 1.165) is 12.8 Å². The van der Waals surface area contributed by atoms with Gasteiger partial charge in [0.1, 0.15) is 17.1 Å². The van der Waals surface area contributed by atoms with E-state index in [9.17, 15) is 14.7 Å². The van der Waals surface area contributed by atoms with Crippen molar-refractivity contribution in [3.63, 3.8) is 0 Å². The summed E-state index contributed by atoms with van der Waals surface area (Å²) >= 11 is 5.97. The highest BCUT2D eigenvalue weighted by Gasteiger charge is 2.49. The minimum atomic E-state index is -1.29.